The first-order valence-corrected chi connectivity index (χ1v) is 7.68. The van der Waals surface area contributed by atoms with E-state index in [2.05, 4.69) is 11.0 Å². The SMILES string of the molecule is O=C(O)Cc1ccccc1CN1CC2(CCCCC2)C1. The number of likely N-dealkylation sites (tertiary alicyclic amines) is 1. The van der Waals surface area contributed by atoms with Crippen molar-refractivity contribution in [2.75, 3.05) is 13.1 Å². The molecule has 0 amide bonds. The summed E-state index contributed by atoms with van der Waals surface area (Å²) in [4.78, 5) is 13.4. The lowest BCUT2D eigenvalue weighted by molar-refractivity contribution is -0.136. The number of hydrogen-bond donors (Lipinski definition) is 1. The van der Waals surface area contributed by atoms with Crippen LogP contribution in [0.25, 0.3) is 0 Å². The molecule has 3 heteroatoms. The Morgan fingerprint density at radius 2 is 1.75 bits per heavy atom. The van der Waals surface area contributed by atoms with Gasteiger partial charge in [-0.3, -0.25) is 9.69 Å². The highest BCUT2D eigenvalue weighted by atomic mass is 16.4. The van der Waals surface area contributed by atoms with Gasteiger partial charge in [-0.05, 0) is 29.4 Å². The van der Waals surface area contributed by atoms with E-state index in [-0.39, 0.29) is 6.42 Å². The molecule has 2 aliphatic rings. The van der Waals surface area contributed by atoms with Crippen LogP contribution in [0.5, 0.6) is 0 Å². The van der Waals surface area contributed by atoms with Crippen LogP contribution in [0.4, 0.5) is 0 Å². The first-order valence-electron chi connectivity index (χ1n) is 7.68. The maximum Gasteiger partial charge on any atom is 0.307 e. The van der Waals surface area contributed by atoms with E-state index in [1.54, 1.807) is 0 Å². The second kappa shape index (κ2) is 5.57. The number of benzene rings is 1. The normalized spacial score (nSPS) is 21.6. The molecular weight excluding hydrogens is 250 g/mol. The Morgan fingerprint density at radius 1 is 1.10 bits per heavy atom. The van der Waals surface area contributed by atoms with Gasteiger partial charge < -0.3 is 5.11 Å². The van der Waals surface area contributed by atoms with Crippen molar-refractivity contribution in [1.82, 2.24) is 4.90 Å². The van der Waals surface area contributed by atoms with Crippen LogP contribution in [0.2, 0.25) is 0 Å². The van der Waals surface area contributed by atoms with Crippen LogP contribution < -0.4 is 0 Å². The number of hydrogen-bond acceptors (Lipinski definition) is 2. The molecule has 1 aromatic rings. The standard InChI is InChI=1S/C17H23NO2/c19-16(20)10-14-6-2-3-7-15(14)11-18-12-17(13-18)8-4-1-5-9-17/h2-3,6-7H,1,4-5,8-13H2,(H,19,20). The minimum atomic E-state index is -0.746. The minimum absolute atomic E-state index is 0.134. The molecule has 1 aliphatic heterocycles. The lowest BCUT2D eigenvalue weighted by atomic mass is 9.68. The summed E-state index contributed by atoms with van der Waals surface area (Å²) in [6.45, 7) is 3.31. The van der Waals surface area contributed by atoms with Crippen molar-refractivity contribution in [3.8, 4) is 0 Å². The van der Waals surface area contributed by atoms with Gasteiger partial charge in [0.25, 0.3) is 0 Å². The van der Waals surface area contributed by atoms with Gasteiger partial charge >= 0.3 is 5.97 Å². The Balaban J connectivity index is 1.61. The minimum Gasteiger partial charge on any atom is -0.481 e. The average molecular weight is 273 g/mol. The molecule has 0 atom stereocenters. The quantitative estimate of drug-likeness (QED) is 0.916. The van der Waals surface area contributed by atoms with Crippen molar-refractivity contribution in [3.05, 3.63) is 35.4 Å². The van der Waals surface area contributed by atoms with Crippen molar-refractivity contribution in [2.24, 2.45) is 5.41 Å². The zero-order valence-electron chi connectivity index (χ0n) is 12.0. The Labute approximate surface area is 120 Å². The lowest BCUT2D eigenvalue weighted by Crippen LogP contribution is -2.56. The summed E-state index contributed by atoms with van der Waals surface area (Å²) < 4.78 is 0. The molecule has 1 spiro atoms. The molecule has 0 bridgehead atoms. The predicted molar refractivity (Wildman–Crippen MR) is 78.6 cm³/mol. The second-order valence-electron chi connectivity index (χ2n) is 6.55. The summed E-state index contributed by atoms with van der Waals surface area (Å²) >= 11 is 0. The molecule has 3 nitrogen and oxygen atoms in total. The maximum atomic E-state index is 10.9. The largest absolute Gasteiger partial charge is 0.481 e. The summed E-state index contributed by atoms with van der Waals surface area (Å²) in [5.41, 5.74) is 2.74. The zero-order valence-corrected chi connectivity index (χ0v) is 12.0. The molecule has 1 N–H and O–H groups in total. The first kappa shape index (κ1) is 13.6. The summed E-state index contributed by atoms with van der Waals surface area (Å²) in [7, 11) is 0. The molecule has 108 valence electrons. The maximum absolute atomic E-state index is 10.9. The van der Waals surface area contributed by atoms with Crippen molar-refractivity contribution in [3.63, 3.8) is 0 Å². The van der Waals surface area contributed by atoms with Crippen molar-refractivity contribution in [2.45, 2.75) is 45.1 Å². The van der Waals surface area contributed by atoms with E-state index >= 15 is 0 Å². The summed E-state index contributed by atoms with van der Waals surface area (Å²) in [5.74, 6) is -0.746. The highest BCUT2D eigenvalue weighted by molar-refractivity contribution is 5.70. The molecule has 1 aliphatic carbocycles. The molecular formula is C17H23NO2. The average Bonchev–Trinajstić information content (AvgIpc) is 2.40. The van der Waals surface area contributed by atoms with Crippen LogP contribution in [-0.2, 0) is 17.8 Å². The van der Waals surface area contributed by atoms with Gasteiger partial charge in [-0.15, -0.1) is 0 Å². The van der Waals surface area contributed by atoms with Gasteiger partial charge in [0.15, 0.2) is 0 Å². The van der Waals surface area contributed by atoms with Crippen molar-refractivity contribution in [1.29, 1.82) is 0 Å². The van der Waals surface area contributed by atoms with E-state index in [1.807, 2.05) is 18.2 Å². The van der Waals surface area contributed by atoms with Crippen LogP contribution >= 0.6 is 0 Å². The third kappa shape index (κ3) is 2.88. The lowest BCUT2D eigenvalue weighted by Gasteiger charge is -2.52. The smallest absolute Gasteiger partial charge is 0.307 e. The van der Waals surface area contributed by atoms with Crippen molar-refractivity contribution >= 4 is 5.97 Å². The molecule has 0 radical (unpaired) electrons. The number of nitrogens with zero attached hydrogens (tertiary/aromatic N) is 1. The van der Waals surface area contributed by atoms with Crippen LogP contribution in [-0.4, -0.2) is 29.1 Å². The monoisotopic (exact) mass is 273 g/mol. The molecule has 1 saturated carbocycles. The molecule has 1 aromatic carbocycles. The van der Waals surface area contributed by atoms with E-state index < -0.39 is 5.97 Å². The van der Waals surface area contributed by atoms with E-state index in [1.165, 1.54) is 50.8 Å². The molecule has 0 aromatic heterocycles. The molecule has 1 heterocycles. The molecule has 2 fully saturated rings. The Morgan fingerprint density at radius 3 is 2.40 bits per heavy atom. The number of carboxylic acid groups (broad SMARTS) is 1. The molecule has 20 heavy (non-hydrogen) atoms. The zero-order chi connectivity index (χ0) is 14.0. The van der Waals surface area contributed by atoms with Crippen LogP contribution in [0, 0.1) is 5.41 Å². The fraction of sp³-hybridized carbons (Fsp3) is 0.588. The number of carbonyl (C=O) groups is 1. The number of rotatable bonds is 4. The van der Waals surface area contributed by atoms with E-state index in [0.29, 0.717) is 5.41 Å². The summed E-state index contributed by atoms with van der Waals surface area (Å²) in [6.07, 6.45) is 7.10. The summed E-state index contributed by atoms with van der Waals surface area (Å²) in [6, 6.07) is 7.96. The number of aliphatic carboxylic acids is 1. The van der Waals surface area contributed by atoms with E-state index in [4.69, 9.17) is 5.11 Å². The van der Waals surface area contributed by atoms with Crippen LogP contribution in [0.1, 0.15) is 43.2 Å². The fourth-order valence-corrected chi connectivity index (χ4v) is 3.92. The van der Waals surface area contributed by atoms with Gasteiger partial charge in [-0.1, -0.05) is 43.5 Å². The Hall–Kier alpha value is -1.35. The highest BCUT2D eigenvalue weighted by Crippen LogP contribution is 2.44. The van der Waals surface area contributed by atoms with Gasteiger partial charge in [0, 0.05) is 19.6 Å². The third-order valence-corrected chi connectivity index (χ3v) is 4.89. The topological polar surface area (TPSA) is 40.5 Å². The number of carboxylic acids is 1. The van der Waals surface area contributed by atoms with Crippen molar-refractivity contribution < 1.29 is 9.90 Å². The summed E-state index contributed by atoms with van der Waals surface area (Å²) in [5, 5.41) is 8.98. The molecule has 0 unspecified atom stereocenters. The van der Waals surface area contributed by atoms with Crippen LogP contribution in [0.3, 0.4) is 0 Å². The van der Waals surface area contributed by atoms with Crippen LogP contribution in [0.15, 0.2) is 24.3 Å². The van der Waals surface area contributed by atoms with E-state index in [0.717, 1.165) is 12.1 Å². The van der Waals surface area contributed by atoms with Gasteiger partial charge in [0.2, 0.25) is 0 Å². The molecule has 1 saturated heterocycles. The van der Waals surface area contributed by atoms with Gasteiger partial charge in [0.05, 0.1) is 6.42 Å². The second-order valence-corrected chi connectivity index (χ2v) is 6.55. The Bertz CT molecular complexity index is 484. The third-order valence-electron chi connectivity index (χ3n) is 4.89. The first-order chi connectivity index (χ1) is 9.67. The van der Waals surface area contributed by atoms with Gasteiger partial charge in [0.1, 0.15) is 0 Å². The van der Waals surface area contributed by atoms with Gasteiger partial charge in [-0.2, -0.15) is 0 Å². The highest BCUT2D eigenvalue weighted by Gasteiger charge is 2.42. The predicted octanol–water partition coefficient (Wildman–Crippen LogP) is 3.08. The van der Waals surface area contributed by atoms with Gasteiger partial charge in [-0.25, -0.2) is 0 Å². The Kier molecular flexibility index (Phi) is 3.79. The molecule has 3 rings (SSSR count). The fourth-order valence-electron chi connectivity index (χ4n) is 3.92. The van der Waals surface area contributed by atoms with E-state index in [9.17, 15) is 4.79 Å².